The fourth-order valence-electron chi connectivity index (χ4n) is 16.5. The number of aliphatic hydroxyl groups is 4. The third-order valence-electron chi connectivity index (χ3n) is 24.7. The van der Waals surface area contributed by atoms with Gasteiger partial charge in [-0.2, -0.15) is 12.6 Å². The molecule has 34 N–H and O–H groups in total. The number of thiol groups is 1. The van der Waals surface area contributed by atoms with Crippen molar-refractivity contribution in [3.8, 4) is 0 Å². The number of likely N-dealkylation sites (tertiary alicyclic amines) is 2. The van der Waals surface area contributed by atoms with Crippen molar-refractivity contribution < 1.29 is 136 Å². The van der Waals surface area contributed by atoms with E-state index in [1.165, 1.54) is 32.6 Å². The Morgan fingerprint density at radius 2 is 0.765 bits per heavy atom. The van der Waals surface area contributed by atoms with Crippen LogP contribution in [0.15, 0.2) is 0 Å². The maximum Gasteiger partial charge on any atom is 0.328 e. The van der Waals surface area contributed by atoms with Crippen LogP contribution >= 0.6 is 12.6 Å². The summed E-state index contributed by atoms with van der Waals surface area (Å²) in [5.41, 5.74) is 16.5. The molecule has 0 radical (unpaired) electrons. The van der Waals surface area contributed by atoms with Crippen LogP contribution in [0.2, 0.25) is 0 Å². The van der Waals surface area contributed by atoms with Gasteiger partial charge in [0.05, 0.1) is 44.4 Å². The first-order valence-corrected chi connectivity index (χ1v) is 51.0. The molecule has 0 aromatic rings. The summed E-state index contributed by atoms with van der Waals surface area (Å²) in [6.45, 7) is 20.8. The van der Waals surface area contributed by atoms with Crippen molar-refractivity contribution in [2.24, 2.45) is 52.7 Å². The molecular weight excluding hydrogens is 1980 g/mol. The second kappa shape index (κ2) is 65.1. The summed E-state index contributed by atoms with van der Waals surface area (Å²) in [5, 5.41) is 127. The molecule has 55 nitrogen and oxygen atoms in total. The summed E-state index contributed by atoms with van der Waals surface area (Å²) in [6.07, 6.45) is -4.59. The number of carboxylic acid groups (broad SMARTS) is 2. The second-order valence-corrected chi connectivity index (χ2v) is 40.1. The summed E-state index contributed by atoms with van der Waals surface area (Å²) < 4.78 is 0. The van der Waals surface area contributed by atoms with E-state index in [-0.39, 0.29) is 115 Å². The van der Waals surface area contributed by atoms with E-state index in [0.717, 1.165) is 18.2 Å². The lowest BCUT2D eigenvalue weighted by molar-refractivity contribution is -0.145. The van der Waals surface area contributed by atoms with Crippen LogP contribution in [0.3, 0.4) is 0 Å². The predicted octanol–water partition coefficient (Wildman–Crippen LogP) is -9.47. The van der Waals surface area contributed by atoms with E-state index in [1.807, 2.05) is 0 Å². The summed E-state index contributed by atoms with van der Waals surface area (Å²) in [5.74, 6) is -26.9. The molecule has 3 aliphatic rings. The molecular formula is C93H161N27O28S. The minimum Gasteiger partial charge on any atom is -0.481 e. The van der Waals surface area contributed by atoms with Crippen molar-refractivity contribution >= 4 is 155 Å². The largest absolute Gasteiger partial charge is 0.481 e. The minimum absolute atomic E-state index is 0.00886. The van der Waals surface area contributed by atoms with Gasteiger partial charge in [-0.15, -0.1) is 0 Å². The number of nitrogens with two attached hydrogens (primary N) is 3. The maximum atomic E-state index is 14.9. The maximum absolute atomic E-state index is 14.9. The Labute approximate surface area is 871 Å². The third-order valence-corrected chi connectivity index (χ3v) is 25.1. The number of nitrogens with one attached hydrogen (secondary N) is 22. The van der Waals surface area contributed by atoms with Crippen molar-refractivity contribution in [1.29, 1.82) is 10.8 Å². The number of aliphatic hydroxyl groups excluding tert-OH is 4. The molecule has 3 rings (SSSR count). The molecule has 0 aromatic heterocycles. The minimum atomic E-state index is -2.10. The smallest absolute Gasteiger partial charge is 0.328 e. The number of carbonyl (C=O) groups is 22. The number of hydrogen-bond donors (Lipinski definition) is 32. The number of primary amides is 1. The highest BCUT2D eigenvalue weighted by molar-refractivity contribution is 7.80. The zero-order chi connectivity index (χ0) is 113. The van der Waals surface area contributed by atoms with Crippen LogP contribution < -0.4 is 124 Å². The SMILES string of the molecule is CC[C@H](C)[C@H](NC(=O)[C@@H](NC(=O)[C@@H]1CCCN1C(=O)[C@H](CO)NC(=O)[C@H](CS)NC(=O)[C@@H]1CCCN1)[C@@H](C)O)C(=O)N1CCC[C@H]1C(=O)N[C@@H](CC(C)C)C(=O)N[C@@H](CCC(N)=O)C(=O)N[C@@H](CC(=O)O)C(=O)N[C@@H](CC(C)C)C(=O)N[C@@H](CO)C(=O)N[C@@H](CC(C)C)C(=O)N[C@@H](CC(C)C)C(=O)N[C@@H](CCCNC(=N)N)C(=O)N[C@@H](CCCNC(=N)N)C(=O)N[C@@H](C)C(=O)NCC(=O)N[C@H](C(=O)N[C@H](C(=O)O)[C@@H](C)O)C(C)C. The van der Waals surface area contributed by atoms with Crippen LogP contribution in [-0.4, -0.2) is 368 Å². The van der Waals surface area contributed by atoms with Gasteiger partial charge in [-0.1, -0.05) is 89.5 Å². The number of amides is 20. The number of guanidine groups is 2. The van der Waals surface area contributed by atoms with Gasteiger partial charge in [-0.05, 0) is 159 Å². The number of carboxylic acids is 2. The lowest BCUT2D eigenvalue weighted by Gasteiger charge is -2.34. The van der Waals surface area contributed by atoms with Crippen molar-refractivity contribution in [3.05, 3.63) is 0 Å². The van der Waals surface area contributed by atoms with Crippen LogP contribution in [0.1, 0.15) is 219 Å². The van der Waals surface area contributed by atoms with E-state index in [0.29, 0.717) is 13.0 Å². The molecule has 3 fully saturated rings. The zero-order valence-corrected chi connectivity index (χ0v) is 88.3. The van der Waals surface area contributed by atoms with E-state index in [4.69, 9.17) is 28.0 Å². The summed E-state index contributed by atoms with van der Waals surface area (Å²) in [6, 6.07) is -28.9. The van der Waals surface area contributed by atoms with Crippen LogP contribution in [-0.2, 0) is 105 Å². The molecule has 842 valence electrons. The molecule has 149 heavy (non-hydrogen) atoms. The van der Waals surface area contributed by atoms with E-state index >= 15 is 0 Å². The fourth-order valence-corrected chi connectivity index (χ4v) is 16.7. The molecule has 3 aliphatic heterocycles. The van der Waals surface area contributed by atoms with E-state index in [1.54, 1.807) is 69.2 Å². The highest BCUT2D eigenvalue weighted by atomic mass is 32.1. The Bertz CT molecular complexity index is 4600. The molecule has 3 saturated heterocycles. The number of aliphatic carboxylic acids is 2. The molecule has 3 heterocycles. The standard InChI is InChI=1S/C93H161N27O28S/c1-16-48(12)70(116-88(144)71(50(14)123)117-86(142)65-26-20-32-119(65)89(145)62(41-122)113-84(140)63(42-149)114-74(130)52-22-17-29-99-52)90(146)120-33-21-25-64(120)85(141)111-59(37-46(8)9)79(135)106-55(27-28-66(94)125)77(133)110-60(38-68(127)128)82(138)108-58(36-45(6)7)81(137)112-61(40-121)83(139)109-57(35-44(4)5)80(136)107-56(34-43(2)3)78(134)105-54(24-19-31-101-93(97)98)76(132)104-53(23-18-30-100-92(95)96)75(131)103-49(13)73(129)102-39-67(126)115-69(47(10)11)87(143)118-72(51(15)124)91(147)148/h43-65,69-72,99,121-124,149H,16-42H2,1-15H3,(H2,94,125)(H,102,129)(H,103,131)(H,104,132)(H,105,134)(H,106,135)(H,107,136)(H,108,138)(H,109,139)(H,110,133)(H,111,141)(H,112,137)(H,113,140)(H,114,130)(H,115,126)(H,116,144)(H,117,142)(H,118,143)(H,127,128)(H,147,148)(H4,95,96,100)(H4,97,98,101)/t48-,49-,50+,51+,52-,53-,54-,55-,56-,57-,58-,59-,60-,61-,62-,63-,64-,65-,69-,70-,71-,72-/m0/s1. The van der Waals surface area contributed by atoms with Gasteiger partial charge in [0, 0.05) is 38.4 Å². The number of nitrogens with zero attached hydrogens (tertiary/aromatic N) is 2. The van der Waals surface area contributed by atoms with Crippen molar-refractivity contribution in [2.75, 3.05) is 58.2 Å². The summed E-state index contributed by atoms with van der Waals surface area (Å²) >= 11 is 4.19. The van der Waals surface area contributed by atoms with Gasteiger partial charge in [0.15, 0.2) is 18.0 Å². The third kappa shape index (κ3) is 45.2. The molecule has 56 heteroatoms. The highest BCUT2D eigenvalue weighted by Crippen LogP contribution is 2.25. The topological polar surface area (TPSA) is 870 Å². The molecule has 0 unspecified atom stereocenters. The lowest BCUT2D eigenvalue weighted by atomic mass is 9.96. The summed E-state index contributed by atoms with van der Waals surface area (Å²) in [7, 11) is 0. The van der Waals surface area contributed by atoms with Gasteiger partial charge >= 0.3 is 11.9 Å². The zero-order valence-electron chi connectivity index (χ0n) is 87.4. The molecule has 0 aliphatic carbocycles. The second-order valence-electron chi connectivity index (χ2n) is 39.7. The Kier molecular flexibility index (Phi) is 56.9. The predicted molar refractivity (Wildman–Crippen MR) is 540 cm³/mol. The monoisotopic (exact) mass is 2140 g/mol. The number of carbonyl (C=O) groups excluding carboxylic acids is 20. The average molecular weight is 2140 g/mol. The van der Waals surface area contributed by atoms with E-state index in [2.05, 4.69) is 119 Å². The van der Waals surface area contributed by atoms with Crippen molar-refractivity contribution in [2.45, 2.75) is 346 Å². The highest BCUT2D eigenvalue weighted by Gasteiger charge is 2.47. The number of rotatable bonds is 66. The number of hydrogen-bond acceptors (Lipinski definition) is 30. The quantitative estimate of drug-likeness (QED) is 0.0116. The molecule has 0 bridgehead atoms. The van der Waals surface area contributed by atoms with Crippen LogP contribution in [0.5, 0.6) is 0 Å². The van der Waals surface area contributed by atoms with Crippen LogP contribution in [0, 0.1) is 46.3 Å². The summed E-state index contributed by atoms with van der Waals surface area (Å²) in [4.78, 5) is 307. The van der Waals surface area contributed by atoms with Crippen LogP contribution in [0.4, 0.5) is 0 Å². The average Bonchev–Trinajstić information content (AvgIpc) is 1.72. The molecule has 0 spiro atoms. The van der Waals surface area contributed by atoms with Gasteiger partial charge < -0.3 is 164 Å². The molecule has 0 aromatic carbocycles. The Balaban J connectivity index is 1.88. The van der Waals surface area contributed by atoms with Gasteiger partial charge in [0.1, 0.15) is 103 Å². The molecule has 0 saturated carbocycles. The van der Waals surface area contributed by atoms with Gasteiger partial charge in [0.2, 0.25) is 118 Å². The first-order valence-electron chi connectivity index (χ1n) is 50.4. The lowest BCUT2D eigenvalue weighted by Crippen LogP contribution is -2.62. The Morgan fingerprint density at radius 3 is 1.17 bits per heavy atom. The molecule has 20 amide bonds. The van der Waals surface area contributed by atoms with Crippen molar-refractivity contribution in [3.63, 3.8) is 0 Å². The van der Waals surface area contributed by atoms with E-state index in [9.17, 15) is 136 Å². The van der Waals surface area contributed by atoms with Gasteiger partial charge in [-0.3, -0.25) is 112 Å². The molecule has 22 atom stereocenters. The fraction of sp³-hybridized carbons (Fsp3) is 0.742. The van der Waals surface area contributed by atoms with Crippen LogP contribution in [0.25, 0.3) is 0 Å². The first kappa shape index (κ1) is 130. The van der Waals surface area contributed by atoms with E-state index < -0.39 is 344 Å². The first-order chi connectivity index (χ1) is 69.8. The Morgan fingerprint density at radius 1 is 0.389 bits per heavy atom. The van der Waals surface area contributed by atoms with Gasteiger partial charge in [-0.25, -0.2) is 4.79 Å². The van der Waals surface area contributed by atoms with Crippen molar-refractivity contribution in [1.82, 2.24) is 116 Å². The van der Waals surface area contributed by atoms with Gasteiger partial charge in [0.25, 0.3) is 0 Å². The Hall–Kier alpha value is -13.0. The normalized spacial score (nSPS) is 18.2.